The highest BCUT2D eigenvalue weighted by molar-refractivity contribution is 5.91. The molecule has 0 fully saturated rings. The minimum absolute atomic E-state index is 0.0409. The number of carbonyl (C=O) groups is 2. The summed E-state index contributed by atoms with van der Waals surface area (Å²) in [4.78, 5) is 25.8. The number of ether oxygens (including phenoxy) is 3. The first-order valence-electron chi connectivity index (χ1n) is 9.04. The van der Waals surface area contributed by atoms with Gasteiger partial charge in [-0.1, -0.05) is 12.1 Å². The molecule has 1 aromatic rings. The van der Waals surface area contributed by atoms with Gasteiger partial charge in [0.2, 0.25) is 0 Å². The molecule has 27 heavy (non-hydrogen) atoms. The summed E-state index contributed by atoms with van der Waals surface area (Å²) in [6, 6.07) is 7.51. The Morgan fingerprint density at radius 3 is 2.48 bits per heavy atom. The molecule has 0 saturated heterocycles. The molecule has 0 spiro atoms. The molecule has 0 aliphatic rings. The second kappa shape index (κ2) is 10.7. The highest BCUT2D eigenvalue weighted by Gasteiger charge is 2.17. The zero-order valence-corrected chi connectivity index (χ0v) is 17.2. The highest BCUT2D eigenvalue weighted by Crippen LogP contribution is 2.14. The summed E-state index contributed by atoms with van der Waals surface area (Å²) < 4.78 is 16.3. The van der Waals surface area contributed by atoms with Crippen LogP contribution in [0.2, 0.25) is 0 Å². The molecule has 0 saturated carbocycles. The van der Waals surface area contributed by atoms with Crippen molar-refractivity contribution < 1.29 is 23.8 Å². The van der Waals surface area contributed by atoms with Crippen molar-refractivity contribution in [3.05, 3.63) is 41.6 Å². The first-order valence-corrected chi connectivity index (χ1v) is 9.04. The van der Waals surface area contributed by atoms with E-state index in [1.165, 1.54) is 6.08 Å². The Bertz CT molecular complexity index is 661. The quantitative estimate of drug-likeness (QED) is 0.461. The Morgan fingerprint density at radius 1 is 1.19 bits per heavy atom. The van der Waals surface area contributed by atoms with Gasteiger partial charge >= 0.3 is 5.97 Å². The van der Waals surface area contributed by atoms with E-state index >= 15 is 0 Å². The van der Waals surface area contributed by atoms with Crippen molar-refractivity contribution in [2.24, 2.45) is 0 Å². The van der Waals surface area contributed by atoms with Crippen LogP contribution in [0.25, 0.3) is 0 Å². The molecule has 6 nitrogen and oxygen atoms in total. The van der Waals surface area contributed by atoms with Crippen molar-refractivity contribution in [2.75, 3.05) is 33.4 Å². The van der Waals surface area contributed by atoms with Gasteiger partial charge in [0.25, 0.3) is 0 Å². The minimum Gasteiger partial charge on any atom is -0.485 e. The number of hydrogen-bond acceptors (Lipinski definition) is 6. The zero-order valence-electron chi connectivity index (χ0n) is 17.2. The van der Waals surface area contributed by atoms with Crippen molar-refractivity contribution in [3.8, 4) is 5.75 Å². The van der Waals surface area contributed by atoms with Crippen LogP contribution < -0.4 is 4.74 Å². The predicted octanol–water partition coefficient (Wildman–Crippen LogP) is 3.14. The fraction of sp³-hybridized carbons (Fsp3) is 0.524. The van der Waals surface area contributed by atoms with E-state index in [2.05, 4.69) is 0 Å². The standard InChI is InChI=1S/C21H31NO5/c1-7-25-20(24)13-22(6)17(14-27-21(3,4)5)12-18(23)15-26-19-10-8-9-16(2)11-19/h8-12H,7,13-15H2,1-6H3. The lowest BCUT2D eigenvalue weighted by Gasteiger charge is -2.26. The lowest BCUT2D eigenvalue weighted by atomic mass is 10.2. The number of carbonyl (C=O) groups excluding carboxylic acids is 2. The van der Waals surface area contributed by atoms with Gasteiger partial charge in [0.05, 0.1) is 18.8 Å². The van der Waals surface area contributed by atoms with E-state index in [1.807, 2.05) is 45.9 Å². The Hall–Kier alpha value is -2.34. The molecule has 0 amide bonds. The second-order valence-corrected chi connectivity index (χ2v) is 7.27. The molecule has 0 radical (unpaired) electrons. The van der Waals surface area contributed by atoms with Gasteiger partial charge in [-0.3, -0.25) is 9.59 Å². The first-order chi connectivity index (χ1) is 12.6. The normalized spacial score (nSPS) is 11.9. The lowest BCUT2D eigenvalue weighted by Crippen LogP contribution is -2.32. The first kappa shape index (κ1) is 22.7. The van der Waals surface area contributed by atoms with Crippen LogP contribution in [0.1, 0.15) is 33.3 Å². The van der Waals surface area contributed by atoms with Crippen molar-refractivity contribution >= 4 is 11.8 Å². The van der Waals surface area contributed by atoms with Crippen molar-refractivity contribution in [1.29, 1.82) is 0 Å². The van der Waals surface area contributed by atoms with E-state index in [9.17, 15) is 9.59 Å². The maximum absolute atomic E-state index is 12.4. The van der Waals surface area contributed by atoms with Gasteiger partial charge in [0.15, 0.2) is 12.4 Å². The van der Waals surface area contributed by atoms with Crippen LogP contribution in [0.5, 0.6) is 5.75 Å². The maximum Gasteiger partial charge on any atom is 0.325 e. The minimum atomic E-state index is -0.370. The molecule has 1 rings (SSSR count). The van der Waals surface area contributed by atoms with E-state index in [4.69, 9.17) is 14.2 Å². The summed E-state index contributed by atoms with van der Waals surface area (Å²) in [5.41, 5.74) is 1.28. The summed E-state index contributed by atoms with van der Waals surface area (Å²) in [7, 11) is 1.73. The Kier molecular flexibility index (Phi) is 9.02. The summed E-state index contributed by atoms with van der Waals surface area (Å²) in [6.07, 6.45) is 1.46. The molecule has 0 aliphatic carbocycles. The summed E-state index contributed by atoms with van der Waals surface area (Å²) in [6.45, 7) is 9.97. The number of rotatable bonds is 10. The number of aryl methyl sites for hydroxylation is 1. The lowest BCUT2D eigenvalue weighted by molar-refractivity contribution is -0.143. The van der Waals surface area contributed by atoms with Crippen molar-refractivity contribution in [3.63, 3.8) is 0 Å². The molecule has 0 aromatic heterocycles. The van der Waals surface area contributed by atoms with Gasteiger partial charge < -0.3 is 19.1 Å². The average molecular weight is 377 g/mol. The summed E-state index contributed by atoms with van der Waals surface area (Å²) in [5.74, 6) is 0.0777. The number of likely N-dealkylation sites (N-methyl/N-ethyl adjacent to an activating group) is 1. The Balaban J connectivity index is 2.78. The smallest absolute Gasteiger partial charge is 0.325 e. The molecule has 0 N–H and O–H groups in total. The molecule has 0 heterocycles. The van der Waals surface area contributed by atoms with Crippen LogP contribution in [0.3, 0.4) is 0 Å². The van der Waals surface area contributed by atoms with E-state index in [0.717, 1.165) is 5.56 Å². The van der Waals surface area contributed by atoms with E-state index < -0.39 is 0 Å². The molecular formula is C21H31NO5. The number of benzene rings is 1. The molecule has 0 unspecified atom stereocenters. The zero-order chi connectivity index (χ0) is 20.4. The SMILES string of the molecule is CCOC(=O)CN(C)C(=CC(=O)COc1cccc(C)c1)COC(C)(C)C. The van der Waals surface area contributed by atoms with Crippen LogP contribution in [0, 0.1) is 6.92 Å². The predicted molar refractivity (Wildman–Crippen MR) is 105 cm³/mol. The molecular weight excluding hydrogens is 346 g/mol. The number of esters is 1. The highest BCUT2D eigenvalue weighted by atomic mass is 16.5. The van der Waals surface area contributed by atoms with Gasteiger partial charge in [-0.2, -0.15) is 0 Å². The number of nitrogens with zero attached hydrogens (tertiary/aromatic N) is 1. The van der Waals surface area contributed by atoms with Crippen LogP contribution >= 0.6 is 0 Å². The maximum atomic E-state index is 12.4. The monoisotopic (exact) mass is 377 g/mol. The molecule has 6 heteroatoms. The van der Waals surface area contributed by atoms with Crippen LogP contribution in [-0.2, 0) is 19.1 Å². The Morgan fingerprint density at radius 2 is 1.89 bits per heavy atom. The van der Waals surface area contributed by atoms with Crippen LogP contribution in [0.4, 0.5) is 0 Å². The van der Waals surface area contributed by atoms with Crippen molar-refractivity contribution in [1.82, 2.24) is 4.90 Å². The summed E-state index contributed by atoms with van der Waals surface area (Å²) >= 11 is 0. The molecule has 0 aliphatic heterocycles. The third kappa shape index (κ3) is 9.80. The van der Waals surface area contributed by atoms with Gasteiger partial charge in [0, 0.05) is 18.8 Å². The fourth-order valence-electron chi connectivity index (χ4n) is 2.14. The largest absolute Gasteiger partial charge is 0.485 e. The van der Waals surface area contributed by atoms with Gasteiger partial charge in [0.1, 0.15) is 12.3 Å². The van der Waals surface area contributed by atoms with Crippen molar-refractivity contribution in [2.45, 2.75) is 40.2 Å². The Labute approximate surface area is 162 Å². The third-order valence-electron chi connectivity index (χ3n) is 3.51. The van der Waals surface area contributed by atoms with Crippen LogP contribution in [0.15, 0.2) is 36.0 Å². The van der Waals surface area contributed by atoms with Crippen LogP contribution in [-0.4, -0.2) is 55.7 Å². The molecule has 150 valence electrons. The number of hydrogen-bond donors (Lipinski definition) is 0. The van der Waals surface area contributed by atoms with Gasteiger partial charge in [-0.05, 0) is 52.3 Å². The van der Waals surface area contributed by atoms with E-state index in [-0.39, 0.29) is 37.1 Å². The molecule has 0 bridgehead atoms. The summed E-state index contributed by atoms with van der Waals surface area (Å²) in [5, 5.41) is 0. The molecule has 0 atom stereocenters. The van der Waals surface area contributed by atoms with E-state index in [1.54, 1.807) is 24.9 Å². The second-order valence-electron chi connectivity index (χ2n) is 7.27. The molecule has 1 aromatic carbocycles. The average Bonchev–Trinajstić information content (AvgIpc) is 2.56. The van der Waals surface area contributed by atoms with Gasteiger partial charge in [-0.15, -0.1) is 0 Å². The third-order valence-corrected chi connectivity index (χ3v) is 3.51. The van der Waals surface area contributed by atoms with E-state index in [0.29, 0.717) is 18.1 Å². The fourth-order valence-corrected chi connectivity index (χ4v) is 2.14. The number of ketones is 1. The van der Waals surface area contributed by atoms with Gasteiger partial charge in [-0.25, -0.2) is 0 Å². The topological polar surface area (TPSA) is 65.1 Å².